The van der Waals surface area contributed by atoms with Gasteiger partial charge in [-0.3, -0.25) is 29.6 Å². The quantitative estimate of drug-likeness (QED) is 0.0472. The zero-order chi connectivity index (χ0) is 30.2. The third kappa shape index (κ3) is 19.9. The standard InChI is InChI=1S/C26H49N7O7/c1-22(2)31(30-38)19-9-4-7-17-28-23(34)13-15-26(37)33(40)21-11-5-8-18-29-24(35)12-14-25(36)32(39)20-10-3-6-16-27/h39-40H,1,3-21,27H2,2H3,(H,28,34)(H,29,35). The number of nitrogens with zero attached hydrogens (tertiary/aromatic N) is 4. The number of hydrogen-bond donors (Lipinski definition) is 5. The van der Waals surface area contributed by atoms with Crippen LogP contribution in [0.2, 0.25) is 0 Å². The normalized spacial score (nSPS) is 10.5. The van der Waals surface area contributed by atoms with Crippen molar-refractivity contribution >= 4 is 23.6 Å². The molecule has 0 aromatic heterocycles. The number of allylic oxidation sites excluding steroid dienone is 1. The van der Waals surface area contributed by atoms with Gasteiger partial charge in [-0.25, -0.2) is 15.1 Å². The highest BCUT2D eigenvalue weighted by Gasteiger charge is 2.14. The Bertz CT molecular complexity index is 782. The molecule has 0 heterocycles. The Morgan fingerprint density at radius 3 is 1.52 bits per heavy atom. The summed E-state index contributed by atoms with van der Waals surface area (Å²) in [6, 6.07) is 0. The van der Waals surface area contributed by atoms with E-state index in [0.717, 1.165) is 32.1 Å². The Hall–Kier alpha value is -3.10. The minimum absolute atomic E-state index is 0.0154. The Labute approximate surface area is 237 Å². The van der Waals surface area contributed by atoms with Gasteiger partial charge in [-0.2, -0.15) is 0 Å². The molecule has 0 aliphatic heterocycles. The van der Waals surface area contributed by atoms with Gasteiger partial charge < -0.3 is 16.4 Å². The highest BCUT2D eigenvalue weighted by Crippen LogP contribution is 2.05. The van der Waals surface area contributed by atoms with E-state index in [9.17, 15) is 34.5 Å². The number of nitroso groups, excluding NO2 is 1. The topological polar surface area (TPSA) is 198 Å². The van der Waals surface area contributed by atoms with Crippen LogP contribution in [0.3, 0.4) is 0 Å². The number of carbonyl (C=O) groups excluding carboxylic acids is 4. The first kappa shape index (κ1) is 36.9. The Kier molecular flexibility index (Phi) is 21.9. The molecule has 40 heavy (non-hydrogen) atoms. The molecule has 0 unspecified atom stereocenters. The molecule has 0 rings (SSSR count). The molecule has 6 N–H and O–H groups in total. The average molecular weight is 572 g/mol. The van der Waals surface area contributed by atoms with E-state index in [1.165, 1.54) is 5.01 Å². The van der Waals surface area contributed by atoms with Crippen molar-refractivity contribution in [3.8, 4) is 0 Å². The molecule has 0 fully saturated rings. The van der Waals surface area contributed by atoms with E-state index in [2.05, 4.69) is 22.5 Å². The SMILES string of the molecule is C=C(C)N(CCCCCNC(=O)CCC(=O)N(O)CCCCCNC(=O)CCC(=O)N(O)CCCCCN)N=O. The largest absolute Gasteiger partial charge is 0.356 e. The fourth-order valence-corrected chi connectivity index (χ4v) is 3.59. The molecule has 0 aromatic rings. The maximum atomic E-state index is 12.0. The predicted octanol–water partition coefficient (Wildman–Crippen LogP) is 2.20. The predicted molar refractivity (Wildman–Crippen MR) is 149 cm³/mol. The number of unbranched alkanes of at least 4 members (excludes halogenated alkanes) is 6. The molecule has 0 spiro atoms. The summed E-state index contributed by atoms with van der Waals surface area (Å²) in [5.74, 6) is -1.59. The Morgan fingerprint density at radius 2 is 1.12 bits per heavy atom. The molecule has 230 valence electrons. The van der Waals surface area contributed by atoms with Gasteiger partial charge in [0, 0.05) is 64.1 Å². The van der Waals surface area contributed by atoms with Gasteiger partial charge in [0.25, 0.3) is 0 Å². The summed E-state index contributed by atoms with van der Waals surface area (Å²) in [6.45, 7) is 7.61. The first-order valence-electron chi connectivity index (χ1n) is 14.1. The van der Waals surface area contributed by atoms with Gasteiger partial charge in [-0.05, 0) is 64.8 Å². The van der Waals surface area contributed by atoms with Gasteiger partial charge in [-0.1, -0.05) is 13.0 Å². The molecule has 0 aliphatic rings. The van der Waals surface area contributed by atoms with Crippen LogP contribution in [-0.4, -0.2) is 88.4 Å². The van der Waals surface area contributed by atoms with Gasteiger partial charge in [0.05, 0.1) is 5.29 Å². The van der Waals surface area contributed by atoms with Crippen LogP contribution in [0.5, 0.6) is 0 Å². The van der Waals surface area contributed by atoms with Crippen LogP contribution in [0, 0.1) is 4.91 Å². The Balaban J connectivity index is 3.78. The molecule has 0 saturated carbocycles. The fourth-order valence-electron chi connectivity index (χ4n) is 3.59. The van der Waals surface area contributed by atoms with Gasteiger partial charge in [-0.15, -0.1) is 4.91 Å². The second-order valence-corrected chi connectivity index (χ2v) is 9.64. The van der Waals surface area contributed by atoms with E-state index < -0.39 is 11.8 Å². The summed E-state index contributed by atoms with van der Waals surface area (Å²) in [7, 11) is 0. The van der Waals surface area contributed by atoms with Crippen LogP contribution in [0.15, 0.2) is 17.6 Å². The maximum Gasteiger partial charge on any atom is 0.246 e. The van der Waals surface area contributed by atoms with Gasteiger partial charge in [0.1, 0.15) is 0 Å². The van der Waals surface area contributed by atoms with Crippen LogP contribution < -0.4 is 16.4 Å². The number of nitrogens with two attached hydrogens (primary N) is 1. The maximum absolute atomic E-state index is 12.0. The van der Waals surface area contributed by atoms with Crippen molar-refractivity contribution in [2.24, 2.45) is 11.0 Å². The first-order chi connectivity index (χ1) is 19.1. The van der Waals surface area contributed by atoms with Gasteiger partial charge in [0.15, 0.2) is 0 Å². The molecular weight excluding hydrogens is 522 g/mol. The highest BCUT2D eigenvalue weighted by atomic mass is 16.5. The minimum atomic E-state index is -0.535. The number of hydroxylamine groups is 4. The van der Waals surface area contributed by atoms with Crippen molar-refractivity contribution in [3.63, 3.8) is 0 Å². The molecular formula is C26H49N7O7. The summed E-state index contributed by atoms with van der Waals surface area (Å²) < 4.78 is 0. The first-order valence-corrected chi connectivity index (χ1v) is 14.1. The van der Waals surface area contributed by atoms with Crippen molar-refractivity contribution in [2.45, 2.75) is 90.4 Å². The van der Waals surface area contributed by atoms with Crippen LogP contribution in [-0.2, 0) is 19.2 Å². The highest BCUT2D eigenvalue weighted by molar-refractivity contribution is 5.83. The third-order valence-corrected chi connectivity index (χ3v) is 6.06. The molecule has 0 aliphatic carbocycles. The van der Waals surface area contributed by atoms with Crippen LogP contribution in [0.4, 0.5) is 0 Å². The van der Waals surface area contributed by atoms with Crippen LogP contribution in [0.25, 0.3) is 0 Å². The summed E-state index contributed by atoms with van der Waals surface area (Å²) >= 11 is 0. The lowest BCUT2D eigenvalue weighted by atomic mass is 10.2. The summed E-state index contributed by atoms with van der Waals surface area (Å²) in [5, 5.41) is 30.4. The van der Waals surface area contributed by atoms with Gasteiger partial charge >= 0.3 is 0 Å². The summed E-state index contributed by atoms with van der Waals surface area (Å²) in [4.78, 5) is 58.3. The molecule has 4 amide bonds. The lowest BCUT2D eigenvalue weighted by Gasteiger charge is -2.15. The molecule has 0 radical (unpaired) electrons. The molecule has 14 nitrogen and oxygen atoms in total. The van der Waals surface area contributed by atoms with Crippen molar-refractivity contribution in [2.75, 3.05) is 39.3 Å². The number of rotatable bonds is 25. The zero-order valence-corrected chi connectivity index (χ0v) is 23.9. The lowest BCUT2D eigenvalue weighted by molar-refractivity contribution is -0.166. The molecule has 0 bridgehead atoms. The summed E-state index contributed by atoms with van der Waals surface area (Å²) in [5.41, 5.74) is 5.98. The lowest BCUT2D eigenvalue weighted by Crippen LogP contribution is -2.31. The number of hydrogen-bond acceptors (Lipinski definition) is 9. The second-order valence-electron chi connectivity index (χ2n) is 9.64. The number of carbonyl (C=O) groups is 4. The zero-order valence-electron chi connectivity index (χ0n) is 23.9. The molecule has 0 aromatic carbocycles. The van der Waals surface area contributed by atoms with Crippen LogP contribution >= 0.6 is 0 Å². The monoisotopic (exact) mass is 571 g/mol. The van der Waals surface area contributed by atoms with E-state index in [1.54, 1.807) is 6.92 Å². The molecule has 14 heteroatoms. The van der Waals surface area contributed by atoms with Crippen molar-refractivity contribution in [1.82, 2.24) is 25.8 Å². The van der Waals surface area contributed by atoms with Crippen LogP contribution in [0.1, 0.15) is 90.4 Å². The number of amides is 4. The third-order valence-electron chi connectivity index (χ3n) is 6.06. The smallest absolute Gasteiger partial charge is 0.246 e. The summed E-state index contributed by atoms with van der Waals surface area (Å²) in [6.07, 6.45) is 6.16. The van der Waals surface area contributed by atoms with Crippen molar-refractivity contribution in [1.29, 1.82) is 0 Å². The Morgan fingerprint density at radius 1 is 0.700 bits per heavy atom. The van der Waals surface area contributed by atoms with Crippen molar-refractivity contribution < 1.29 is 29.6 Å². The van der Waals surface area contributed by atoms with E-state index in [1.807, 2.05) is 0 Å². The second kappa shape index (κ2) is 23.8. The van der Waals surface area contributed by atoms with E-state index in [4.69, 9.17) is 5.73 Å². The van der Waals surface area contributed by atoms with Gasteiger partial charge in [0.2, 0.25) is 23.6 Å². The van der Waals surface area contributed by atoms with E-state index in [-0.39, 0.29) is 50.6 Å². The fraction of sp³-hybridized carbons (Fsp3) is 0.769. The van der Waals surface area contributed by atoms with E-state index >= 15 is 0 Å². The average Bonchev–Trinajstić information content (AvgIpc) is 2.93. The minimum Gasteiger partial charge on any atom is -0.356 e. The van der Waals surface area contributed by atoms with E-state index in [0.29, 0.717) is 67.7 Å². The molecule has 0 saturated heterocycles. The van der Waals surface area contributed by atoms with Crippen molar-refractivity contribution in [3.05, 3.63) is 17.2 Å². The molecule has 0 atom stereocenters. The number of nitrogens with one attached hydrogen (secondary N) is 2.